The maximum absolute atomic E-state index is 10.7. The minimum Gasteiger partial charge on any atom is -0.394 e. The number of benzene rings is 1. The summed E-state index contributed by atoms with van der Waals surface area (Å²) in [5, 5.41) is 42.3. The van der Waals surface area contributed by atoms with Gasteiger partial charge in [0, 0.05) is 17.6 Å². The van der Waals surface area contributed by atoms with E-state index in [-0.39, 0.29) is 6.04 Å². The van der Waals surface area contributed by atoms with Crippen molar-refractivity contribution >= 4 is 27.9 Å². The minimum absolute atomic E-state index is 0.0402. The third-order valence-electron chi connectivity index (χ3n) is 7.22. The summed E-state index contributed by atoms with van der Waals surface area (Å²) < 4.78 is 12.8. The number of hydrogen-bond acceptors (Lipinski definition) is 11. The molecule has 2 aliphatic heterocycles. The van der Waals surface area contributed by atoms with Gasteiger partial charge in [0.2, 0.25) is 0 Å². The molecule has 0 saturated carbocycles. The quantitative estimate of drug-likeness (QED) is 0.213. The van der Waals surface area contributed by atoms with Crippen LogP contribution in [0.3, 0.4) is 0 Å². The number of para-hydroxylation sites is 1. The zero-order chi connectivity index (χ0) is 26.5. The third kappa shape index (κ3) is 4.11. The Morgan fingerprint density at radius 2 is 1.97 bits per heavy atom. The van der Waals surface area contributed by atoms with E-state index in [4.69, 9.17) is 24.4 Å². The summed E-state index contributed by atoms with van der Waals surface area (Å²) >= 11 is 0. The highest BCUT2D eigenvalue weighted by Gasteiger charge is 2.44. The van der Waals surface area contributed by atoms with Crippen molar-refractivity contribution in [3.8, 4) is 22.8 Å². The van der Waals surface area contributed by atoms with Crippen molar-refractivity contribution < 1.29 is 24.8 Å². The summed E-state index contributed by atoms with van der Waals surface area (Å²) in [5.74, 6) is 0.822. The molecule has 2 saturated heterocycles. The molecule has 200 valence electrons. The first kappa shape index (κ1) is 24.1. The summed E-state index contributed by atoms with van der Waals surface area (Å²) in [4.78, 5) is 18.9. The van der Waals surface area contributed by atoms with Crippen LogP contribution >= 0.6 is 0 Å². The summed E-state index contributed by atoms with van der Waals surface area (Å²) in [6.45, 7) is 0.743. The molecule has 0 bridgehead atoms. The standard InChI is InChI=1S/C26H26N8O5/c35-10-18-21(36)22(37)26(39-18)34-12-27-20-24(29-14-7-8-38-11-14)31-23(32-25(20)34)19-15(9-28-33-19)17-6-5-13-3-1-2-4-16(13)30-17/h1-6,9,12,14,18,21-22,26,35-37H,7-8,10-11H2,(H,28,33)(H,29,31,32)/t14-,18?,21-,22-,26?/m1/s1. The van der Waals surface area contributed by atoms with E-state index in [1.54, 1.807) is 10.8 Å². The summed E-state index contributed by atoms with van der Waals surface area (Å²) in [7, 11) is 0. The van der Waals surface area contributed by atoms with Crippen LogP contribution in [-0.2, 0) is 9.47 Å². The number of nitrogens with zero attached hydrogens (tertiary/aromatic N) is 6. The molecule has 7 rings (SSSR count). The Kier molecular flexibility index (Phi) is 5.94. The lowest BCUT2D eigenvalue weighted by molar-refractivity contribution is -0.0511. The van der Waals surface area contributed by atoms with Crippen molar-refractivity contribution in [1.29, 1.82) is 0 Å². The van der Waals surface area contributed by atoms with Crippen molar-refractivity contribution in [2.45, 2.75) is 37.0 Å². The van der Waals surface area contributed by atoms with E-state index in [9.17, 15) is 15.3 Å². The van der Waals surface area contributed by atoms with Crippen LogP contribution in [0.1, 0.15) is 12.6 Å². The molecule has 0 spiro atoms. The van der Waals surface area contributed by atoms with Crippen LogP contribution in [0.2, 0.25) is 0 Å². The zero-order valence-electron chi connectivity index (χ0n) is 20.7. The molecule has 2 unspecified atom stereocenters. The SMILES string of the molecule is OCC1OC(n2cnc3c(N[C@@H]4CCOC4)nc(-c4[nH]ncc4-c4ccc5ccccc5n4)nc32)[C@H](O)[C@@H]1O. The molecule has 13 heteroatoms. The normalized spacial score (nSPS) is 25.2. The number of rotatable bonds is 6. The molecule has 0 aliphatic carbocycles. The van der Waals surface area contributed by atoms with Gasteiger partial charge in [0.05, 0.1) is 43.0 Å². The van der Waals surface area contributed by atoms with E-state index >= 15 is 0 Å². The van der Waals surface area contributed by atoms with Crippen molar-refractivity contribution in [2.24, 2.45) is 0 Å². The fourth-order valence-corrected chi connectivity index (χ4v) is 5.13. The highest BCUT2D eigenvalue weighted by atomic mass is 16.6. The number of ether oxygens (including phenoxy) is 2. The molecule has 4 aromatic heterocycles. The fourth-order valence-electron chi connectivity index (χ4n) is 5.13. The van der Waals surface area contributed by atoms with Gasteiger partial charge in [-0.25, -0.2) is 19.9 Å². The second-order valence-electron chi connectivity index (χ2n) is 9.70. The first-order chi connectivity index (χ1) is 19.1. The van der Waals surface area contributed by atoms with Gasteiger partial charge in [-0.3, -0.25) is 9.67 Å². The number of imidazole rings is 1. The number of pyridine rings is 1. The Balaban J connectivity index is 1.36. The van der Waals surface area contributed by atoms with E-state index in [0.717, 1.165) is 17.3 Å². The van der Waals surface area contributed by atoms with Crippen molar-refractivity contribution in [3.05, 3.63) is 48.9 Å². The van der Waals surface area contributed by atoms with Gasteiger partial charge >= 0.3 is 0 Å². The number of aliphatic hydroxyl groups is 3. The molecule has 5 aromatic rings. The topological polar surface area (TPSA) is 176 Å². The predicted octanol–water partition coefficient (Wildman–Crippen LogP) is 1.24. The Morgan fingerprint density at radius 3 is 2.79 bits per heavy atom. The van der Waals surface area contributed by atoms with Crippen LogP contribution in [0.25, 0.3) is 44.8 Å². The van der Waals surface area contributed by atoms with Gasteiger partial charge in [-0.15, -0.1) is 0 Å². The largest absolute Gasteiger partial charge is 0.394 e. The fraction of sp³-hybridized carbons (Fsp3) is 0.346. The van der Waals surface area contributed by atoms with Crippen LogP contribution < -0.4 is 5.32 Å². The third-order valence-corrected chi connectivity index (χ3v) is 7.22. The lowest BCUT2D eigenvalue weighted by atomic mass is 10.1. The van der Waals surface area contributed by atoms with E-state index in [2.05, 4.69) is 20.5 Å². The van der Waals surface area contributed by atoms with Crippen molar-refractivity contribution in [1.82, 2.24) is 34.7 Å². The lowest BCUT2D eigenvalue weighted by Crippen LogP contribution is -2.33. The smallest absolute Gasteiger partial charge is 0.182 e. The molecular weight excluding hydrogens is 504 g/mol. The van der Waals surface area contributed by atoms with Crippen molar-refractivity contribution in [3.63, 3.8) is 0 Å². The average Bonchev–Trinajstić information content (AvgIpc) is 3.77. The number of aliphatic hydroxyl groups excluding tert-OH is 3. The molecule has 5 N–H and O–H groups in total. The Morgan fingerprint density at radius 1 is 1.08 bits per heavy atom. The number of fused-ring (bicyclic) bond motifs is 2. The molecule has 1 aromatic carbocycles. The van der Waals surface area contributed by atoms with Crippen LogP contribution in [0, 0.1) is 0 Å². The highest BCUT2D eigenvalue weighted by Crippen LogP contribution is 2.35. The second kappa shape index (κ2) is 9.63. The number of H-pyrrole nitrogens is 1. The minimum atomic E-state index is -1.29. The van der Waals surface area contributed by atoms with Gasteiger partial charge in [-0.2, -0.15) is 5.10 Å². The Bertz CT molecular complexity index is 1650. The molecule has 6 heterocycles. The summed E-state index contributed by atoms with van der Waals surface area (Å²) in [6.07, 6.45) is -0.509. The number of anilines is 1. The van der Waals surface area contributed by atoms with E-state index < -0.39 is 31.1 Å². The molecule has 39 heavy (non-hydrogen) atoms. The van der Waals surface area contributed by atoms with Gasteiger partial charge in [0.25, 0.3) is 0 Å². The summed E-state index contributed by atoms with van der Waals surface area (Å²) in [6, 6.07) is 11.8. The molecule has 2 fully saturated rings. The zero-order valence-corrected chi connectivity index (χ0v) is 20.7. The molecule has 0 amide bonds. The average molecular weight is 531 g/mol. The van der Waals surface area contributed by atoms with Gasteiger partial charge < -0.3 is 30.1 Å². The molecular formula is C26H26N8O5. The van der Waals surface area contributed by atoms with Gasteiger partial charge in [0.1, 0.15) is 24.0 Å². The molecule has 0 radical (unpaired) electrons. The monoisotopic (exact) mass is 530 g/mol. The lowest BCUT2D eigenvalue weighted by Gasteiger charge is -2.17. The molecule has 2 aliphatic rings. The van der Waals surface area contributed by atoms with E-state index in [0.29, 0.717) is 53.0 Å². The first-order valence-corrected chi connectivity index (χ1v) is 12.7. The van der Waals surface area contributed by atoms with Gasteiger partial charge in [-0.05, 0) is 18.6 Å². The summed E-state index contributed by atoms with van der Waals surface area (Å²) in [5.41, 5.74) is 3.67. The van der Waals surface area contributed by atoms with Crippen LogP contribution in [-0.4, -0.2) is 94.2 Å². The highest BCUT2D eigenvalue weighted by molar-refractivity contribution is 5.88. The van der Waals surface area contributed by atoms with Gasteiger partial charge in [0.15, 0.2) is 29.0 Å². The van der Waals surface area contributed by atoms with Crippen LogP contribution in [0.15, 0.2) is 48.9 Å². The second-order valence-corrected chi connectivity index (χ2v) is 9.70. The van der Waals surface area contributed by atoms with Gasteiger partial charge in [-0.1, -0.05) is 24.3 Å². The number of aromatic nitrogens is 7. The van der Waals surface area contributed by atoms with Crippen molar-refractivity contribution in [2.75, 3.05) is 25.1 Å². The molecule has 5 atom stereocenters. The number of nitrogens with one attached hydrogen (secondary N) is 2. The maximum atomic E-state index is 10.7. The maximum Gasteiger partial charge on any atom is 0.182 e. The van der Waals surface area contributed by atoms with E-state index in [1.807, 2.05) is 36.4 Å². The number of aromatic amines is 1. The van der Waals surface area contributed by atoms with Crippen LogP contribution in [0.5, 0.6) is 0 Å². The molecule has 13 nitrogen and oxygen atoms in total. The number of hydrogen-bond donors (Lipinski definition) is 5. The Labute approximate surface area is 221 Å². The first-order valence-electron chi connectivity index (χ1n) is 12.7. The predicted molar refractivity (Wildman–Crippen MR) is 139 cm³/mol. The van der Waals surface area contributed by atoms with E-state index in [1.165, 1.54) is 6.33 Å². The van der Waals surface area contributed by atoms with Crippen LogP contribution in [0.4, 0.5) is 5.82 Å². The Hall–Kier alpha value is -4.01.